The molecule has 2 aromatic rings. The van der Waals surface area contributed by atoms with Crippen LogP contribution in [0.5, 0.6) is 0 Å². The van der Waals surface area contributed by atoms with Gasteiger partial charge in [-0.25, -0.2) is 19.0 Å². The Morgan fingerprint density at radius 3 is 2.50 bits per heavy atom. The highest BCUT2D eigenvalue weighted by atomic mass is 16.6. The smallest absolute Gasteiger partial charge is 0.407 e. The monoisotopic (exact) mass is 443 g/mol. The number of ether oxygens (including phenoxy) is 1. The summed E-state index contributed by atoms with van der Waals surface area (Å²) < 4.78 is 6.48. The number of carbonyl (C=O) groups is 1. The normalized spacial score (nSPS) is 19.8. The summed E-state index contributed by atoms with van der Waals surface area (Å²) in [6.45, 7) is 9.40. The van der Waals surface area contributed by atoms with E-state index in [0.29, 0.717) is 25.7 Å². The molecular formula is C23H33N5O4. The molecule has 1 saturated carbocycles. The van der Waals surface area contributed by atoms with Gasteiger partial charge in [-0.3, -0.25) is 4.98 Å². The first-order valence-electron chi connectivity index (χ1n) is 11.1. The van der Waals surface area contributed by atoms with E-state index in [1.54, 1.807) is 0 Å². The van der Waals surface area contributed by atoms with Crippen LogP contribution in [0.2, 0.25) is 0 Å². The topological polar surface area (TPSA) is 118 Å². The van der Waals surface area contributed by atoms with Crippen molar-refractivity contribution in [3.8, 4) is 0 Å². The van der Waals surface area contributed by atoms with E-state index in [2.05, 4.69) is 20.6 Å². The maximum Gasteiger partial charge on any atom is 0.407 e. The Bertz CT molecular complexity index is 1030. The second kappa shape index (κ2) is 9.58. The molecule has 3 N–H and O–H groups in total. The zero-order chi connectivity index (χ0) is 23.5. The molecule has 1 aromatic carbocycles. The van der Waals surface area contributed by atoms with Crippen LogP contribution in [0, 0.1) is 6.92 Å². The Morgan fingerprint density at radius 2 is 1.91 bits per heavy atom. The van der Waals surface area contributed by atoms with E-state index in [-0.39, 0.29) is 24.1 Å². The third-order valence-corrected chi connectivity index (χ3v) is 5.54. The van der Waals surface area contributed by atoms with Gasteiger partial charge >= 0.3 is 17.5 Å². The molecule has 0 aliphatic heterocycles. The van der Waals surface area contributed by atoms with Crippen molar-refractivity contribution in [3.05, 3.63) is 56.4 Å². The number of nitrogens with zero attached hydrogens (tertiary/aromatic N) is 2. The van der Waals surface area contributed by atoms with Crippen LogP contribution in [-0.4, -0.2) is 32.3 Å². The number of hydrogen-bond donors (Lipinski definition) is 3. The van der Waals surface area contributed by atoms with Gasteiger partial charge in [-0.15, -0.1) is 0 Å². The lowest BCUT2D eigenvalue weighted by Gasteiger charge is -2.30. The van der Waals surface area contributed by atoms with Crippen molar-refractivity contribution < 1.29 is 9.53 Å². The fourth-order valence-electron chi connectivity index (χ4n) is 4.00. The highest BCUT2D eigenvalue weighted by Crippen LogP contribution is 2.27. The molecular weight excluding hydrogens is 410 g/mol. The predicted octanol–water partition coefficient (Wildman–Crippen LogP) is 3.42. The number of rotatable bonds is 5. The van der Waals surface area contributed by atoms with Crippen molar-refractivity contribution in [1.29, 1.82) is 0 Å². The van der Waals surface area contributed by atoms with Crippen molar-refractivity contribution in [2.45, 2.75) is 84.0 Å². The van der Waals surface area contributed by atoms with Gasteiger partial charge in [-0.2, -0.15) is 4.98 Å². The molecule has 0 spiro atoms. The molecule has 1 aliphatic carbocycles. The molecule has 0 unspecified atom stereocenters. The summed E-state index contributed by atoms with van der Waals surface area (Å²) in [6.07, 6.45) is 2.05. The number of H-pyrrole nitrogens is 1. The number of aromatic nitrogens is 3. The third-order valence-electron chi connectivity index (χ3n) is 5.54. The van der Waals surface area contributed by atoms with Crippen LogP contribution >= 0.6 is 0 Å². The Kier molecular flexibility index (Phi) is 7.06. The first kappa shape index (κ1) is 23.6. The number of benzene rings is 1. The molecule has 3 rings (SSSR count). The predicted molar refractivity (Wildman–Crippen MR) is 123 cm³/mol. The van der Waals surface area contributed by atoms with Gasteiger partial charge in [0.25, 0.3) is 0 Å². The largest absolute Gasteiger partial charge is 0.444 e. The molecule has 1 atom stereocenters. The Labute approximate surface area is 187 Å². The quantitative estimate of drug-likeness (QED) is 0.652. The molecule has 9 heteroatoms. The van der Waals surface area contributed by atoms with Gasteiger partial charge in [-0.05, 0) is 65.9 Å². The molecule has 174 valence electrons. The fraction of sp³-hybridized carbons (Fsp3) is 0.565. The van der Waals surface area contributed by atoms with E-state index in [1.807, 2.05) is 58.9 Å². The second-order valence-corrected chi connectivity index (χ2v) is 9.47. The van der Waals surface area contributed by atoms with Gasteiger partial charge < -0.3 is 15.4 Å². The van der Waals surface area contributed by atoms with E-state index < -0.39 is 23.1 Å². The van der Waals surface area contributed by atoms with Gasteiger partial charge in [0.2, 0.25) is 5.95 Å². The number of aryl methyl sites for hydroxylation is 1. The minimum absolute atomic E-state index is 0.0417. The molecule has 0 radical (unpaired) electrons. The summed E-state index contributed by atoms with van der Waals surface area (Å²) in [5.41, 5.74) is 0.557. The van der Waals surface area contributed by atoms with E-state index in [0.717, 1.165) is 11.1 Å². The summed E-state index contributed by atoms with van der Waals surface area (Å²) in [6, 6.07) is 7.58. The van der Waals surface area contributed by atoms with Gasteiger partial charge in [0.1, 0.15) is 5.60 Å². The lowest BCUT2D eigenvalue weighted by molar-refractivity contribution is 0.0487. The van der Waals surface area contributed by atoms with Crippen LogP contribution in [-0.2, 0) is 4.74 Å². The zero-order valence-electron chi connectivity index (χ0n) is 19.4. The molecule has 0 saturated heterocycles. The van der Waals surface area contributed by atoms with E-state index in [9.17, 15) is 14.4 Å². The van der Waals surface area contributed by atoms with Crippen molar-refractivity contribution in [3.63, 3.8) is 0 Å². The van der Waals surface area contributed by atoms with Crippen LogP contribution in [0.4, 0.5) is 10.7 Å². The first-order valence-corrected chi connectivity index (χ1v) is 11.1. The summed E-state index contributed by atoms with van der Waals surface area (Å²) in [7, 11) is 0. The summed E-state index contributed by atoms with van der Waals surface area (Å²) in [5.74, 6) is 0.158. The second-order valence-electron chi connectivity index (χ2n) is 9.47. The van der Waals surface area contributed by atoms with Crippen LogP contribution in [0.15, 0.2) is 33.9 Å². The van der Waals surface area contributed by atoms with Crippen LogP contribution in [0.25, 0.3) is 0 Å². The number of anilines is 1. The third kappa shape index (κ3) is 6.21. The minimum Gasteiger partial charge on any atom is -0.444 e. The number of hydrogen-bond acceptors (Lipinski definition) is 6. The average molecular weight is 444 g/mol. The number of nitrogens with one attached hydrogen (secondary N) is 3. The van der Waals surface area contributed by atoms with E-state index >= 15 is 0 Å². The average Bonchev–Trinajstić information content (AvgIpc) is 2.67. The van der Waals surface area contributed by atoms with Crippen molar-refractivity contribution in [2.24, 2.45) is 0 Å². The Morgan fingerprint density at radius 1 is 1.22 bits per heavy atom. The van der Waals surface area contributed by atoms with Crippen molar-refractivity contribution >= 4 is 12.0 Å². The minimum atomic E-state index is -0.573. The molecule has 1 amide bonds. The fourth-order valence-corrected chi connectivity index (χ4v) is 4.00. The highest BCUT2D eigenvalue weighted by Gasteiger charge is 2.27. The van der Waals surface area contributed by atoms with Crippen LogP contribution in [0.1, 0.15) is 76.6 Å². The maximum absolute atomic E-state index is 12.7. The molecule has 1 heterocycles. The lowest BCUT2D eigenvalue weighted by Crippen LogP contribution is -2.45. The number of carbonyl (C=O) groups excluding carboxylic acids is 1. The van der Waals surface area contributed by atoms with Crippen molar-refractivity contribution in [2.75, 3.05) is 5.32 Å². The molecule has 1 fully saturated rings. The standard InChI is InChI=1S/C23H33N5O4/c1-14-7-6-8-16(13-14)15(2)24-19-26-20(29)28(21(30)27-19)18-11-9-17(10-12-18)25-22(31)32-23(3,4)5/h6-8,13,15,17-18H,9-12H2,1-5H3,(H,25,31)(H2,24,26,27,29,30)/t15-,17?,18?/m0/s1. The first-order chi connectivity index (χ1) is 15.0. The number of alkyl carbamates (subject to hydrolysis) is 1. The van der Waals surface area contributed by atoms with Gasteiger partial charge in [0.15, 0.2) is 0 Å². The number of aromatic amines is 1. The molecule has 1 aliphatic rings. The van der Waals surface area contributed by atoms with E-state index in [4.69, 9.17) is 4.74 Å². The molecule has 32 heavy (non-hydrogen) atoms. The lowest BCUT2D eigenvalue weighted by atomic mass is 9.91. The van der Waals surface area contributed by atoms with Gasteiger partial charge in [0, 0.05) is 12.1 Å². The highest BCUT2D eigenvalue weighted by molar-refractivity contribution is 5.68. The van der Waals surface area contributed by atoms with Gasteiger partial charge in [0.05, 0.1) is 6.04 Å². The molecule has 9 nitrogen and oxygen atoms in total. The molecule has 1 aromatic heterocycles. The summed E-state index contributed by atoms with van der Waals surface area (Å²) >= 11 is 0. The van der Waals surface area contributed by atoms with E-state index in [1.165, 1.54) is 4.57 Å². The molecule has 0 bridgehead atoms. The Balaban J connectivity index is 1.63. The SMILES string of the molecule is Cc1cccc([C@H](C)Nc2nc(=O)n(C3CCC(NC(=O)OC(C)(C)C)CC3)c(=O)[nH]2)c1. The Hall–Kier alpha value is -3.10. The van der Waals surface area contributed by atoms with Crippen molar-refractivity contribution in [1.82, 2.24) is 19.9 Å². The van der Waals surface area contributed by atoms with Crippen LogP contribution < -0.4 is 22.0 Å². The maximum atomic E-state index is 12.7. The van der Waals surface area contributed by atoms with Gasteiger partial charge in [-0.1, -0.05) is 29.8 Å². The number of amides is 1. The summed E-state index contributed by atoms with van der Waals surface area (Å²) in [4.78, 5) is 44.1. The zero-order valence-corrected chi connectivity index (χ0v) is 19.4. The van der Waals surface area contributed by atoms with Crippen LogP contribution in [0.3, 0.4) is 0 Å². The summed E-state index contributed by atoms with van der Waals surface area (Å²) in [5, 5.41) is 5.97.